The minimum absolute atomic E-state index is 0.342. The number of carbonyl (C=O) groups is 1. The summed E-state index contributed by atoms with van der Waals surface area (Å²) in [5.41, 5.74) is 1.35. The van der Waals surface area contributed by atoms with Gasteiger partial charge in [-0.2, -0.15) is 0 Å². The topological polar surface area (TPSA) is 46.5 Å². The number of unbranched alkanes of at least 4 members (excludes halogenated alkanes) is 9. The largest absolute Gasteiger partial charge is 0.494 e. The van der Waals surface area contributed by atoms with Gasteiger partial charge >= 0.3 is 0 Å². The third-order valence-corrected chi connectivity index (χ3v) is 5.72. The van der Waals surface area contributed by atoms with E-state index in [4.69, 9.17) is 9.84 Å². The van der Waals surface area contributed by atoms with Crippen LogP contribution < -0.4 is 4.74 Å². The zero-order valence-corrected chi connectivity index (χ0v) is 17.0. The fourth-order valence-electron chi connectivity index (χ4n) is 3.93. The van der Waals surface area contributed by atoms with Gasteiger partial charge in [-0.05, 0) is 49.3 Å². The van der Waals surface area contributed by atoms with Gasteiger partial charge in [0.25, 0.3) is 0 Å². The van der Waals surface area contributed by atoms with E-state index in [1.165, 1.54) is 56.9 Å². The fraction of sp³-hybridized carbons (Fsp3) is 0.708. The first-order chi connectivity index (χ1) is 13.3. The van der Waals surface area contributed by atoms with Crippen molar-refractivity contribution in [2.75, 3.05) is 13.2 Å². The molecular formula is C24H38O3. The molecule has 0 radical (unpaired) electrons. The van der Waals surface area contributed by atoms with Crippen molar-refractivity contribution >= 4 is 5.78 Å². The number of aliphatic hydroxyl groups is 1. The number of ketones is 1. The highest BCUT2D eigenvalue weighted by Gasteiger charge is 2.19. The maximum atomic E-state index is 11.4. The molecule has 1 aromatic carbocycles. The molecule has 0 bridgehead atoms. The van der Waals surface area contributed by atoms with Gasteiger partial charge in [0, 0.05) is 19.4 Å². The van der Waals surface area contributed by atoms with Crippen molar-refractivity contribution in [2.45, 2.75) is 95.8 Å². The van der Waals surface area contributed by atoms with Crippen LogP contribution in [-0.2, 0) is 4.79 Å². The molecule has 0 saturated heterocycles. The van der Waals surface area contributed by atoms with Crippen molar-refractivity contribution in [3.8, 4) is 5.75 Å². The van der Waals surface area contributed by atoms with Gasteiger partial charge in [-0.3, -0.25) is 4.79 Å². The number of rotatable bonds is 14. The molecule has 0 aliphatic heterocycles. The maximum absolute atomic E-state index is 11.4. The Hall–Kier alpha value is -1.35. The van der Waals surface area contributed by atoms with Crippen LogP contribution in [0, 0.1) is 0 Å². The van der Waals surface area contributed by atoms with Gasteiger partial charge in [0.15, 0.2) is 0 Å². The molecule has 0 amide bonds. The molecule has 1 aromatic rings. The van der Waals surface area contributed by atoms with Crippen LogP contribution in [-0.4, -0.2) is 24.1 Å². The predicted octanol–water partition coefficient (Wildman–Crippen LogP) is 6.19. The summed E-state index contributed by atoms with van der Waals surface area (Å²) >= 11 is 0. The minimum Gasteiger partial charge on any atom is -0.494 e. The zero-order chi connectivity index (χ0) is 19.2. The second-order valence-corrected chi connectivity index (χ2v) is 7.99. The molecule has 3 heteroatoms. The number of carbonyl (C=O) groups excluding carboxylic acids is 1. The van der Waals surface area contributed by atoms with E-state index in [1.807, 2.05) is 0 Å². The summed E-state index contributed by atoms with van der Waals surface area (Å²) in [6, 6.07) is 8.53. The van der Waals surface area contributed by atoms with Crippen molar-refractivity contribution in [3.63, 3.8) is 0 Å². The normalized spacial score (nSPS) is 15.2. The summed E-state index contributed by atoms with van der Waals surface area (Å²) < 4.78 is 5.87. The van der Waals surface area contributed by atoms with Crippen LogP contribution >= 0.6 is 0 Å². The molecule has 3 nitrogen and oxygen atoms in total. The molecule has 1 fully saturated rings. The predicted molar refractivity (Wildman–Crippen MR) is 111 cm³/mol. The zero-order valence-electron chi connectivity index (χ0n) is 17.0. The number of benzene rings is 1. The monoisotopic (exact) mass is 374 g/mol. The van der Waals surface area contributed by atoms with E-state index in [9.17, 15) is 4.79 Å². The van der Waals surface area contributed by atoms with Crippen LogP contribution in [0.2, 0.25) is 0 Å². The van der Waals surface area contributed by atoms with Crippen molar-refractivity contribution in [3.05, 3.63) is 29.8 Å². The minimum atomic E-state index is 0.342. The maximum Gasteiger partial charge on any atom is 0.132 e. The summed E-state index contributed by atoms with van der Waals surface area (Å²) in [5.74, 6) is 1.93. The molecular weight excluding hydrogens is 336 g/mol. The Labute approximate surface area is 165 Å². The highest BCUT2D eigenvalue weighted by molar-refractivity contribution is 5.79. The second-order valence-electron chi connectivity index (χ2n) is 7.99. The fourth-order valence-corrected chi connectivity index (χ4v) is 3.93. The van der Waals surface area contributed by atoms with E-state index in [0.717, 1.165) is 50.9 Å². The highest BCUT2D eigenvalue weighted by atomic mass is 16.5. The number of hydrogen-bond donors (Lipinski definition) is 1. The molecule has 1 N–H and O–H groups in total. The Bertz CT molecular complexity index is 499. The third-order valence-electron chi connectivity index (χ3n) is 5.72. The average molecular weight is 375 g/mol. The molecule has 0 unspecified atom stereocenters. The van der Waals surface area contributed by atoms with Crippen molar-refractivity contribution in [2.24, 2.45) is 0 Å². The van der Waals surface area contributed by atoms with Crippen LogP contribution in [0.15, 0.2) is 24.3 Å². The van der Waals surface area contributed by atoms with Crippen LogP contribution in [0.4, 0.5) is 0 Å². The van der Waals surface area contributed by atoms with Crippen LogP contribution in [0.25, 0.3) is 0 Å². The van der Waals surface area contributed by atoms with E-state index in [2.05, 4.69) is 24.3 Å². The Morgan fingerprint density at radius 2 is 1.30 bits per heavy atom. The lowest BCUT2D eigenvalue weighted by Gasteiger charge is -2.21. The lowest BCUT2D eigenvalue weighted by Crippen LogP contribution is -2.12. The standard InChI is InChI=1S/C24H38O3/c25-19-9-7-5-3-1-2-4-6-8-10-20-27-24-17-13-22(14-18-24)21-11-15-23(26)16-12-21/h13-14,17-18,21,25H,1-12,15-16,19-20H2. The molecule has 27 heavy (non-hydrogen) atoms. The summed E-state index contributed by atoms with van der Waals surface area (Å²) in [7, 11) is 0. The van der Waals surface area contributed by atoms with Gasteiger partial charge in [0.1, 0.15) is 11.5 Å². The number of Topliss-reactive ketones (excluding diaryl/α,β-unsaturated/α-hetero) is 1. The van der Waals surface area contributed by atoms with E-state index < -0.39 is 0 Å². The Balaban J connectivity index is 1.46. The van der Waals surface area contributed by atoms with Crippen LogP contribution in [0.1, 0.15) is 101 Å². The molecule has 1 aliphatic carbocycles. The van der Waals surface area contributed by atoms with E-state index in [-0.39, 0.29) is 0 Å². The lowest BCUT2D eigenvalue weighted by molar-refractivity contribution is -0.120. The van der Waals surface area contributed by atoms with Crippen LogP contribution in [0.5, 0.6) is 5.75 Å². The first-order valence-electron chi connectivity index (χ1n) is 11.1. The summed E-state index contributed by atoms with van der Waals surface area (Å²) in [4.78, 5) is 11.4. The smallest absolute Gasteiger partial charge is 0.132 e. The molecule has 152 valence electrons. The lowest BCUT2D eigenvalue weighted by atomic mass is 9.83. The molecule has 0 spiro atoms. The van der Waals surface area contributed by atoms with Gasteiger partial charge in [-0.25, -0.2) is 0 Å². The van der Waals surface area contributed by atoms with Crippen molar-refractivity contribution < 1.29 is 14.6 Å². The van der Waals surface area contributed by atoms with Gasteiger partial charge in [-0.15, -0.1) is 0 Å². The highest BCUT2D eigenvalue weighted by Crippen LogP contribution is 2.32. The Morgan fingerprint density at radius 1 is 0.778 bits per heavy atom. The molecule has 1 aliphatic rings. The Morgan fingerprint density at radius 3 is 1.85 bits per heavy atom. The molecule has 2 rings (SSSR count). The van der Waals surface area contributed by atoms with E-state index in [0.29, 0.717) is 18.3 Å². The summed E-state index contributed by atoms with van der Waals surface area (Å²) in [6.45, 7) is 1.15. The number of ether oxygens (including phenoxy) is 1. The van der Waals surface area contributed by atoms with E-state index in [1.54, 1.807) is 0 Å². The SMILES string of the molecule is O=C1CCC(c2ccc(OCCCCCCCCCCCCO)cc2)CC1. The third kappa shape index (κ3) is 9.41. The van der Waals surface area contributed by atoms with Crippen molar-refractivity contribution in [1.82, 2.24) is 0 Å². The molecule has 0 aromatic heterocycles. The summed E-state index contributed by atoms with van der Waals surface area (Å²) in [5, 5.41) is 8.74. The van der Waals surface area contributed by atoms with Gasteiger partial charge in [0.05, 0.1) is 6.61 Å². The van der Waals surface area contributed by atoms with Gasteiger partial charge in [-0.1, -0.05) is 63.5 Å². The molecule has 0 heterocycles. The first-order valence-corrected chi connectivity index (χ1v) is 11.1. The Kier molecular flexibility index (Phi) is 11.2. The number of hydrogen-bond acceptors (Lipinski definition) is 3. The number of aliphatic hydroxyl groups excluding tert-OH is 1. The molecule has 1 saturated carbocycles. The average Bonchev–Trinajstić information content (AvgIpc) is 2.70. The van der Waals surface area contributed by atoms with Crippen LogP contribution in [0.3, 0.4) is 0 Å². The van der Waals surface area contributed by atoms with E-state index >= 15 is 0 Å². The van der Waals surface area contributed by atoms with Gasteiger partial charge in [0.2, 0.25) is 0 Å². The molecule has 0 atom stereocenters. The second kappa shape index (κ2) is 13.8. The summed E-state index contributed by atoms with van der Waals surface area (Å²) in [6.07, 6.45) is 15.9. The van der Waals surface area contributed by atoms with Gasteiger partial charge < -0.3 is 9.84 Å². The van der Waals surface area contributed by atoms with Crippen molar-refractivity contribution in [1.29, 1.82) is 0 Å². The quantitative estimate of drug-likeness (QED) is 0.395. The first kappa shape index (κ1) is 21.9.